The van der Waals surface area contributed by atoms with Gasteiger partial charge in [-0.2, -0.15) is 0 Å². The number of hydrogen-bond acceptors (Lipinski definition) is 2. The van der Waals surface area contributed by atoms with Gasteiger partial charge in [-0.05, 0) is 70.1 Å². The van der Waals surface area contributed by atoms with Gasteiger partial charge in [-0.15, -0.1) is 0 Å². The van der Waals surface area contributed by atoms with Gasteiger partial charge in [0.05, 0.1) is 0 Å². The maximum atomic E-state index is 13.5. The summed E-state index contributed by atoms with van der Waals surface area (Å²) in [7, 11) is 0. The molecule has 4 aromatic carbocycles. The zero-order valence-electron chi connectivity index (χ0n) is 13.3. The third-order valence-corrected chi connectivity index (χ3v) is 4.86. The SMILES string of the molecule is O=C1c2cc3ccc(F)cc3cc2C(=O)c2cc3cc(F)ccc3cc21. The number of carbonyl (C=O) groups excluding carboxylic acids is 2. The van der Waals surface area contributed by atoms with Crippen molar-refractivity contribution in [2.45, 2.75) is 0 Å². The van der Waals surface area contributed by atoms with Crippen LogP contribution in [0.4, 0.5) is 8.78 Å². The lowest BCUT2D eigenvalue weighted by atomic mass is 9.81. The summed E-state index contributed by atoms with van der Waals surface area (Å²) in [4.78, 5) is 25.9. The van der Waals surface area contributed by atoms with Crippen LogP contribution in [0.3, 0.4) is 0 Å². The molecular weight excluding hydrogens is 334 g/mol. The van der Waals surface area contributed by atoms with E-state index < -0.39 is 11.6 Å². The zero-order valence-corrected chi connectivity index (χ0v) is 13.3. The van der Waals surface area contributed by atoms with Gasteiger partial charge in [0.15, 0.2) is 11.6 Å². The second kappa shape index (κ2) is 5.05. The van der Waals surface area contributed by atoms with Crippen molar-refractivity contribution in [1.29, 1.82) is 0 Å². The van der Waals surface area contributed by atoms with Gasteiger partial charge in [-0.3, -0.25) is 9.59 Å². The summed E-state index contributed by atoms with van der Waals surface area (Å²) in [5.41, 5.74) is 1.11. The fourth-order valence-electron chi connectivity index (χ4n) is 3.58. The average molecular weight is 344 g/mol. The van der Waals surface area contributed by atoms with Gasteiger partial charge in [0.25, 0.3) is 0 Å². The minimum atomic E-state index is -0.408. The van der Waals surface area contributed by atoms with E-state index in [9.17, 15) is 18.4 Å². The molecule has 0 spiro atoms. The van der Waals surface area contributed by atoms with Crippen molar-refractivity contribution in [3.8, 4) is 0 Å². The molecular formula is C22H10F2O2. The van der Waals surface area contributed by atoms with Crippen LogP contribution in [0, 0.1) is 11.6 Å². The Morgan fingerprint density at radius 1 is 0.462 bits per heavy atom. The molecule has 0 unspecified atom stereocenters. The molecule has 0 amide bonds. The first-order valence-electron chi connectivity index (χ1n) is 8.07. The van der Waals surface area contributed by atoms with Gasteiger partial charge in [0, 0.05) is 22.3 Å². The summed E-state index contributed by atoms with van der Waals surface area (Å²) < 4.78 is 27.0. The number of ketones is 2. The summed E-state index contributed by atoms with van der Waals surface area (Å²) in [6, 6.07) is 14.8. The van der Waals surface area contributed by atoms with Gasteiger partial charge >= 0.3 is 0 Å². The normalized spacial score (nSPS) is 13.2. The minimum Gasteiger partial charge on any atom is -0.289 e. The van der Waals surface area contributed by atoms with Crippen molar-refractivity contribution in [1.82, 2.24) is 0 Å². The van der Waals surface area contributed by atoms with Crippen molar-refractivity contribution in [3.63, 3.8) is 0 Å². The fraction of sp³-hybridized carbons (Fsp3) is 0. The van der Waals surface area contributed by atoms with Crippen LogP contribution in [0.5, 0.6) is 0 Å². The maximum Gasteiger partial charge on any atom is 0.194 e. The summed E-state index contributed by atoms with van der Waals surface area (Å²) in [5, 5.41) is 2.50. The van der Waals surface area contributed by atoms with Crippen molar-refractivity contribution in [2.24, 2.45) is 0 Å². The van der Waals surface area contributed by atoms with Gasteiger partial charge in [-0.1, -0.05) is 12.1 Å². The molecule has 0 bridgehead atoms. The van der Waals surface area contributed by atoms with Crippen LogP contribution < -0.4 is 0 Å². The van der Waals surface area contributed by atoms with E-state index in [1.807, 2.05) is 0 Å². The Morgan fingerprint density at radius 3 is 1.19 bits per heavy atom. The van der Waals surface area contributed by atoms with Crippen LogP contribution in [0.15, 0.2) is 60.7 Å². The lowest BCUT2D eigenvalue weighted by Gasteiger charge is -2.19. The summed E-state index contributed by atoms with van der Waals surface area (Å²) in [6.07, 6.45) is 0. The summed E-state index contributed by atoms with van der Waals surface area (Å²) in [5.74, 6) is -1.39. The Kier molecular flexibility index (Phi) is 2.89. The van der Waals surface area contributed by atoms with E-state index in [2.05, 4.69) is 0 Å². The monoisotopic (exact) mass is 344 g/mol. The second-order valence-corrected chi connectivity index (χ2v) is 6.44. The highest BCUT2D eigenvalue weighted by Crippen LogP contribution is 2.33. The van der Waals surface area contributed by atoms with E-state index in [0.29, 0.717) is 32.7 Å². The molecule has 0 aromatic heterocycles. The Balaban J connectivity index is 1.81. The standard InChI is InChI=1S/C22H10F2O2/c23-15-3-1-11-7-17-19(9-13(11)5-15)22(26)20-10-14-6-16(24)4-2-12(14)8-18(20)21(17)25/h1-10H. The number of rotatable bonds is 0. The molecule has 5 rings (SSSR count). The van der Waals surface area contributed by atoms with Gasteiger partial charge in [-0.25, -0.2) is 8.78 Å². The van der Waals surface area contributed by atoms with Crippen LogP contribution in [0.25, 0.3) is 21.5 Å². The van der Waals surface area contributed by atoms with Crippen molar-refractivity contribution < 1.29 is 18.4 Å². The molecule has 0 fully saturated rings. The molecule has 1 aliphatic carbocycles. The van der Waals surface area contributed by atoms with Crippen molar-refractivity contribution >= 4 is 33.1 Å². The lowest BCUT2D eigenvalue weighted by molar-refractivity contribution is 0.0979. The first kappa shape index (κ1) is 14.9. The van der Waals surface area contributed by atoms with Crippen molar-refractivity contribution in [2.75, 3.05) is 0 Å². The summed E-state index contributed by atoms with van der Waals surface area (Å²) >= 11 is 0. The number of fused-ring (bicyclic) bond motifs is 4. The van der Waals surface area contributed by atoms with Gasteiger partial charge in [0.2, 0.25) is 0 Å². The van der Waals surface area contributed by atoms with Crippen LogP contribution in [0.2, 0.25) is 0 Å². The molecule has 0 radical (unpaired) electrons. The van der Waals surface area contributed by atoms with Crippen LogP contribution in [-0.4, -0.2) is 11.6 Å². The number of benzene rings is 4. The molecule has 2 nitrogen and oxygen atoms in total. The van der Waals surface area contributed by atoms with Gasteiger partial charge in [0.1, 0.15) is 11.6 Å². The number of halogens is 2. The predicted molar refractivity (Wildman–Crippen MR) is 94.7 cm³/mol. The van der Waals surface area contributed by atoms with E-state index in [-0.39, 0.29) is 22.7 Å². The average Bonchev–Trinajstić information content (AvgIpc) is 2.63. The highest BCUT2D eigenvalue weighted by molar-refractivity contribution is 6.30. The topological polar surface area (TPSA) is 34.1 Å². The van der Waals surface area contributed by atoms with Crippen LogP contribution in [-0.2, 0) is 0 Å². The third-order valence-electron chi connectivity index (χ3n) is 4.86. The van der Waals surface area contributed by atoms with Gasteiger partial charge < -0.3 is 0 Å². The molecule has 124 valence electrons. The quantitative estimate of drug-likeness (QED) is 0.394. The number of hydrogen-bond donors (Lipinski definition) is 0. The van der Waals surface area contributed by atoms with E-state index >= 15 is 0 Å². The fourth-order valence-corrected chi connectivity index (χ4v) is 3.58. The Bertz CT molecular complexity index is 1190. The molecule has 0 saturated heterocycles. The third kappa shape index (κ3) is 2.02. The lowest BCUT2D eigenvalue weighted by Crippen LogP contribution is -2.21. The molecule has 4 aromatic rings. The Morgan fingerprint density at radius 2 is 0.808 bits per heavy atom. The van der Waals surface area contributed by atoms with E-state index in [4.69, 9.17) is 0 Å². The first-order valence-corrected chi connectivity index (χ1v) is 8.07. The predicted octanol–water partition coefficient (Wildman–Crippen LogP) is 5.05. The van der Waals surface area contributed by atoms with Crippen molar-refractivity contribution in [3.05, 3.63) is 94.6 Å². The molecule has 0 aliphatic heterocycles. The number of carbonyl (C=O) groups is 2. The Labute approximate surface area is 146 Å². The highest BCUT2D eigenvalue weighted by Gasteiger charge is 2.30. The Hall–Kier alpha value is -3.40. The zero-order chi connectivity index (χ0) is 18.0. The van der Waals surface area contributed by atoms with E-state index in [1.165, 1.54) is 24.3 Å². The molecule has 0 heterocycles. The molecule has 0 atom stereocenters. The summed E-state index contributed by atoms with van der Waals surface area (Å²) in [6.45, 7) is 0. The molecule has 4 heteroatoms. The first-order chi connectivity index (χ1) is 12.5. The van der Waals surface area contributed by atoms with Crippen LogP contribution >= 0.6 is 0 Å². The second-order valence-electron chi connectivity index (χ2n) is 6.44. The molecule has 0 N–H and O–H groups in total. The minimum absolute atomic E-state index is 0.247. The molecule has 0 saturated carbocycles. The largest absolute Gasteiger partial charge is 0.289 e. The molecule has 26 heavy (non-hydrogen) atoms. The maximum absolute atomic E-state index is 13.5. The van der Waals surface area contributed by atoms with E-state index in [0.717, 1.165) is 0 Å². The van der Waals surface area contributed by atoms with E-state index in [1.54, 1.807) is 36.4 Å². The molecule has 1 aliphatic rings. The smallest absolute Gasteiger partial charge is 0.194 e. The highest BCUT2D eigenvalue weighted by atomic mass is 19.1. The van der Waals surface area contributed by atoms with Crippen LogP contribution in [0.1, 0.15) is 31.8 Å².